The Hall–Kier alpha value is -2.60. The zero-order valence-electron chi connectivity index (χ0n) is 14.1. The molecule has 2 aromatic carbocycles. The number of imide groups is 1. The number of amides is 3. The van der Waals surface area contributed by atoms with Gasteiger partial charge in [-0.3, -0.25) is 19.7 Å². The van der Waals surface area contributed by atoms with Crippen LogP contribution in [0.2, 0.25) is 0 Å². The summed E-state index contributed by atoms with van der Waals surface area (Å²) < 4.78 is 0. The fraction of sp³-hybridized carbons (Fsp3) is 0.250. The summed E-state index contributed by atoms with van der Waals surface area (Å²) in [6.07, 6.45) is 0.661. The first-order chi connectivity index (χ1) is 12.6. The first-order valence-corrected chi connectivity index (χ1v) is 9.55. The lowest BCUT2D eigenvalue weighted by molar-refractivity contribution is -0.136. The van der Waals surface area contributed by atoms with Crippen LogP contribution in [0.25, 0.3) is 0 Å². The number of piperidine rings is 1. The molecule has 0 bridgehead atoms. The Labute approximate surface area is 155 Å². The van der Waals surface area contributed by atoms with E-state index in [1.54, 1.807) is 16.7 Å². The molecule has 2 aliphatic heterocycles. The maximum atomic E-state index is 12.8. The molecule has 0 saturated carbocycles. The van der Waals surface area contributed by atoms with E-state index in [2.05, 4.69) is 17.4 Å². The van der Waals surface area contributed by atoms with Crippen molar-refractivity contribution < 1.29 is 14.4 Å². The number of nitrogens with zero attached hydrogens (tertiary/aromatic N) is 1. The van der Waals surface area contributed by atoms with Crippen LogP contribution in [0.1, 0.15) is 34.3 Å². The molecule has 5 nitrogen and oxygen atoms in total. The minimum absolute atomic E-state index is 0.128. The zero-order valence-corrected chi connectivity index (χ0v) is 14.9. The molecule has 132 valence electrons. The topological polar surface area (TPSA) is 66.5 Å². The Kier molecular flexibility index (Phi) is 4.51. The SMILES string of the molecule is O=C1CCC(N2Cc3ccc(SCc4ccccc4)cc3C2=O)C(=O)N1. The number of nitrogens with one attached hydrogen (secondary N) is 1. The number of rotatable bonds is 4. The van der Waals surface area contributed by atoms with E-state index < -0.39 is 6.04 Å². The van der Waals surface area contributed by atoms with Gasteiger partial charge in [0, 0.05) is 29.2 Å². The zero-order chi connectivity index (χ0) is 18.1. The molecule has 4 rings (SSSR count). The maximum absolute atomic E-state index is 12.8. The van der Waals surface area contributed by atoms with Crippen molar-refractivity contribution in [1.29, 1.82) is 0 Å². The smallest absolute Gasteiger partial charge is 0.255 e. The van der Waals surface area contributed by atoms with Gasteiger partial charge in [0.1, 0.15) is 6.04 Å². The molecule has 0 aliphatic carbocycles. The second kappa shape index (κ2) is 6.96. The average molecular weight is 366 g/mol. The quantitative estimate of drug-likeness (QED) is 0.667. The maximum Gasteiger partial charge on any atom is 0.255 e. The number of carbonyl (C=O) groups excluding carboxylic acids is 3. The highest BCUT2D eigenvalue weighted by Crippen LogP contribution is 2.31. The third kappa shape index (κ3) is 3.24. The lowest BCUT2D eigenvalue weighted by atomic mass is 10.0. The van der Waals surface area contributed by atoms with Crippen molar-refractivity contribution in [2.45, 2.75) is 36.1 Å². The summed E-state index contributed by atoms with van der Waals surface area (Å²) in [5, 5.41) is 2.33. The highest BCUT2D eigenvalue weighted by molar-refractivity contribution is 7.98. The van der Waals surface area contributed by atoms with Gasteiger partial charge in [0.15, 0.2) is 0 Å². The van der Waals surface area contributed by atoms with E-state index in [1.165, 1.54) is 5.56 Å². The largest absolute Gasteiger partial charge is 0.322 e. The van der Waals surface area contributed by atoms with Crippen molar-refractivity contribution in [3.8, 4) is 0 Å². The molecule has 0 spiro atoms. The molecule has 1 atom stereocenters. The molecule has 6 heteroatoms. The van der Waals surface area contributed by atoms with Gasteiger partial charge in [-0.2, -0.15) is 0 Å². The van der Waals surface area contributed by atoms with Crippen LogP contribution < -0.4 is 5.32 Å². The van der Waals surface area contributed by atoms with E-state index in [0.717, 1.165) is 16.2 Å². The molecular formula is C20H18N2O3S. The molecule has 1 N–H and O–H groups in total. The predicted octanol–water partition coefficient (Wildman–Crippen LogP) is 2.74. The van der Waals surface area contributed by atoms with Crippen molar-refractivity contribution in [2.24, 2.45) is 0 Å². The molecule has 26 heavy (non-hydrogen) atoms. The highest BCUT2D eigenvalue weighted by Gasteiger charge is 2.39. The molecule has 2 heterocycles. The number of benzene rings is 2. The predicted molar refractivity (Wildman–Crippen MR) is 98.5 cm³/mol. The van der Waals surface area contributed by atoms with Crippen LogP contribution in [0.4, 0.5) is 0 Å². The Morgan fingerprint density at radius 2 is 1.88 bits per heavy atom. The van der Waals surface area contributed by atoms with Gasteiger partial charge in [-0.05, 0) is 29.7 Å². The van der Waals surface area contributed by atoms with E-state index in [4.69, 9.17) is 0 Å². The average Bonchev–Trinajstić information content (AvgIpc) is 2.97. The Bertz CT molecular complexity index is 882. The molecule has 1 saturated heterocycles. The van der Waals surface area contributed by atoms with Crippen LogP contribution in [0.5, 0.6) is 0 Å². The van der Waals surface area contributed by atoms with E-state index >= 15 is 0 Å². The number of thioether (sulfide) groups is 1. The minimum Gasteiger partial charge on any atom is -0.322 e. The third-order valence-electron chi connectivity index (χ3n) is 4.75. The van der Waals surface area contributed by atoms with Gasteiger partial charge in [0.25, 0.3) is 5.91 Å². The van der Waals surface area contributed by atoms with Crippen molar-refractivity contribution in [1.82, 2.24) is 10.2 Å². The third-order valence-corrected chi connectivity index (χ3v) is 5.81. The lowest BCUT2D eigenvalue weighted by Gasteiger charge is -2.29. The van der Waals surface area contributed by atoms with Gasteiger partial charge in [-0.1, -0.05) is 36.4 Å². The molecular weight excluding hydrogens is 348 g/mol. The summed E-state index contributed by atoms with van der Waals surface area (Å²) in [7, 11) is 0. The van der Waals surface area contributed by atoms with E-state index in [9.17, 15) is 14.4 Å². The molecule has 1 fully saturated rings. The molecule has 3 amide bonds. The summed E-state index contributed by atoms with van der Waals surface area (Å²) in [5.41, 5.74) is 2.83. The van der Waals surface area contributed by atoms with E-state index in [0.29, 0.717) is 18.5 Å². The summed E-state index contributed by atoms with van der Waals surface area (Å²) in [6.45, 7) is 0.421. The molecule has 2 aromatic rings. The van der Waals surface area contributed by atoms with Crippen molar-refractivity contribution in [3.63, 3.8) is 0 Å². The van der Waals surface area contributed by atoms with Crippen molar-refractivity contribution in [2.75, 3.05) is 0 Å². The second-order valence-corrected chi connectivity index (χ2v) is 7.54. The fourth-order valence-corrected chi connectivity index (χ4v) is 4.26. The summed E-state index contributed by atoms with van der Waals surface area (Å²) in [4.78, 5) is 38.8. The van der Waals surface area contributed by atoms with Gasteiger partial charge in [-0.15, -0.1) is 11.8 Å². The number of fused-ring (bicyclic) bond motifs is 1. The fourth-order valence-electron chi connectivity index (χ4n) is 3.36. The standard InChI is InChI=1S/C20H18N2O3S/c23-18-9-8-17(19(24)21-18)22-11-14-6-7-15(10-16(14)20(22)25)26-12-13-4-2-1-3-5-13/h1-7,10,17H,8-9,11-12H2,(H,21,23,24). The lowest BCUT2D eigenvalue weighted by Crippen LogP contribution is -2.52. The molecule has 2 aliphatic rings. The van der Waals surface area contributed by atoms with Gasteiger partial charge in [-0.25, -0.2) is 0 Å². The van der Waals surface area contributed by atoms with Crippen LogP contribution in [0.3, 0.4) is 0 Å². The summed E-state index contributed by atoms with van der Waals surface area (Å²) in [6, 6.07) is 15.5. The van der Waals surface area contributed by atoms with Crippen molar-refractivity contribution >= 4 is 29.5 Å². The van der Waals surface area contributed by atoms with Gasteiger partial charge in [0.2, 0.25) is 11.8 Å². The van der Waals surface area contributed by atoms with Crippen LogP contribution in [-0.4, -0.2) is 28.7 Å². The Morgan fingerprint density at radius 1 is 1.08 bits per heavy atom. The van der Waals surface area contributed by atoms with E-state index in [1.807, 2.05) is 36.4 Å². The van der Waals surface area contributed by atoms with Gasteiger partial charge >= 0.3 is 0 Å². The first-order valence-electron chi connectivity index (χ1n) is 8.56. The second-order valence-electron chi connectivity index (χ2n) is 6.49. The molecule has 0 radical (unpaired) electrons. The summed E-state index contributed by atoms with van der Waals surface area (Å²) in [5.74, 6) is 0.0674. The molecule has 0 aromatic heterocycles. The number of hydrogen-bond acceptors (Lipinski definition) is 4. The minimum atomic E-state index is -0.562. The molecule has 1 unspecified atom stereocenters. The number of hydrogen-bond donors (Lipinski definition) is 1. The normalized spacial score (nSPS) is 19.5. The first kappa shape index (κ1) is 16.8. The van der Waals surface area contributed by atoms with Crippen LogP contribution in [-0.2, 0) is 21.9 Å². The van der Waals surface area contributed by atoms with Crippen LogP contribution in [0.15, 0.2) is 53.4 Å². The van der Waals surface area contributed by atoms with E-state index in [-0.39, 0.29) is 24.1 Å². The Morgan fingerprint density at radius 3 is 2.65 bits per heavy atom. The highest BCUT2D eigenvalue weighted by atomic mass is 32.2. The van der Waals surface area contributed by atoms with Crippen LogP contribution in [0, 0.1) is 0 Å². The summed E-state index contributed by atoms with van der Waals surface area (Å²) >= 11 is 1.68. The monoisotopic (exact) mass is 366 g/mol. The van der Waals surface area contributed by atoms with Gasteiger partial charge in [0.05, 0.1) is 0 Å². The number of carbonyl (C=O) groups is 3. The van der Waals surface area contributed by atoms with Gasteiger partial charge < -0.3 is 4.90 Å². The van der Waals surface area contributed by atoms with Crippen LogP contribution >= 0.6 is 11.8 Å². The van der Waals surface area contributed by atoms with Crippen molar-refractivity contribution in [3.05, 3.63) is 65.2 Å². The Balaban J connectivity index is 1.48.